The maximum atomic E-state index is 12.3. The van der Waals surface area contributed by atoms with Crippen molar-refractivity contribution in [2.75, 3.05) is 0 Å². The van der Waals surface area contributed by atoms with Gasteiger partial charge in [-0.3, -0.25) is 0 Å². The fraction of sp³-hybridized carbons (Fsp3) is 0.231. The third kappa shape index (κ3) is 2.72. The minimum Gasteiger partial charge on any atom is -0.478 e. The maximum Gasteiger partial charge on any atom is 0.335 e. The van der Waals surface area contributed by atoms with Crippen molar-refractivity contribution in [3.8, 4) is 0 Å². The van der Waals surface area contributed by atoms with Crippen molar-refractivity contribution in [2.24, 2.45) is 0 Å². The van der Waals surface area contributed by atoms with Gasteiger partial charge in [0.1, 0.15) is 5.76 Å². The molecular formula is C13H13NO5S. The lowest BCUT2D eigenvalue weighted by Crippen LogP contribution is -2.07. The van der Waals surface area contributed by atoms with E-state index in [0.29, 0.717) is 17.0 Å². The molecule has 1 aromatic heterocycles. The minimum absolute atomic E-state index is 0.0429. The Labute approximate surface area is 115 Å². The molecule has 0 aliphatic heterocycles. The number of carbonyl (C=O) groups is 1. The predicted molar refractivity (Wildman–Crippen MR) is 70.3 cm³/mol. The Hall–Kier alpha value is -2.15. The van der Waals surface area contributed by atoms with Crippen molar-refractivity contribution in [2.45, 2.75) is 24.5 Å². The average Bonchev–Trinajstić information content (AvgIpc) is 2.70. The van der Waals surface area contributed by atoms with Crippen LogP contribution < -0.4 is 0 Å². The first-order chi connectivity index (χ1) is 9.31. The average molecular weight is 295 g/mol. The van der Waals surface area contributed by atoms with E-state index in [1.165, 1.54) is 24.3 Å². The van der Waals surface area contributed by atoms with Gasteiger partial charge in [-0.25, -0.2) is 13.2 Å². The molecule has 0 unspecified atom stereocenters. The van der Waals surface area contributed by atoms with Gasteiger partial charge in [-0.05, 0) is 38.1 Å². The Morgan fingerprint density at radius 3 is 2.30 bits per heavy atom. The van der Waals surface area contributed by atoms with Crippen molar-refractivity contribution in [1.29, 1.82) is 0 Å². The molecule has 0 fully saturated rings. The third-order valence-corrected chi connectivity index (χ3v) is 4.64. The summed E-state index contributed by atoms with van der Waals surface area (Å²) in [6.45, 7) is 3.33. The van der Waals surface area contributed by atoms with E-state index in [9.17, 15) is 13.2 Å². The zero-order valence-electron chi connectivity index (χ0n) is 11.0. The molecule has 1 aromatic carbocycles. The van der Waals surface area contributed by atoms with Gasteiger partial charge in [-0.1, -0.05) is 5.16 Å². The van der Waals surface area contributed by atoms with E-state index in [2.05, 4.69) is 5.16 Å². The van der Waals surface area contributed by atoms with Gasteiger partial charge in [0, 0.05) is 5.56 Å². The van der Waals surface area contributed by atoms with Crippen LogP contribution in [0.4, 0.5) is 0 Å². The van der Waals surface area contributed by atoms with Crippen LogP contribution in [0.25, 0.3) is 0 Å². The fourth-order valence-corrected chi connectivity index (χ4v) is 3.30. The van der Waals surface area contributed by atoms with Crippen LogP contribution in [0.15, 0.2) is 33.7 Å². The molecule has 2 aromatic rings. The fourth-order valence-electron chi connectivity index (χ4n) is 1.79. The van der Waals surface area contributed by atoms with E-state index in [1.54, 1.807) is 13.8 Å². The highest BCUT2D eigenvalue weighted by molar-refractivity contribution is 7.90. The second-order valence-electron chi connectivity index (χ2n) is 4.39. The summed E-state index contributed by atoms with van der Waals surface area (Å²) in [7, 11) is -3.56. The maximum absolute atomic E-state index is 12.3. The summed E-state index contributed by atoms with van der Waals surface area (Å²) in [5.41, 5.74) is 1.11. The molecule has 0 aliphatic carbocycles. The monoisotopic (exact) mass is 295 g/mol. The zero-order chi connectivity index (χ0) is 14.9. The van der Waals surface area contributed by atoms with Gasteiger partial charge < -0.3 is 9.63 Å². The number of aryl methyl sites for hydroxylation is 2. The molecule has 0 atom stereocenters. The highest BCUT2D eigenvalue weighted by atomic mass is 32.2. The third-order valence-electron chi connectivity index (χ3n) is 2.98. The van der Waals surface area contributed by atoms with Crippen LogP contribution >= 0.6 is 0 Å². The normalized spacial score (nSPS) is 11.5. The summed E-state index contributed by atoms with van der Waals surface area (Å²) in [4.78, 5) is 10.8. The van der Waals surface area contributed by atoms with E-state index in [1.807, 2.05) is 0 Å². The van der Waals surface area contributed by atoms with Gasteiger partial charge in [0.25, 0.3) is 0 Å². The Kier molecular flexibility index (Phi) is 3.63. The quantitative estimate of drug-likeness (QED) is 0.926. The van der Waals surface area contributed by atoms with Crippen LogP contribution in [0.5, 0.6) is 0 Å². The van der Waals surface area contributed by atoms with Gasteiger partial charge in [0.05, 0.1) is 21.9 Å². The first kappa shape index (κ1) is 14.3. The van der Waals surface area contributed by atoms with E-state index < -0.39 is 15.8 Å². The lowest BCUT2D eigenvalue weighted by Gasteiger charge is -2.04. The molecule has 2 rings (SSSR count). The first-order valence-corrected chi connectivity index (χ1v) is 7.44. The van der Waals surface area contributed by atoms with E-state index in [0.717, 1.165) is 0 Å². The van der Waals surface area contributed by atoms with Gasteiger partial charge >= 0.3 is 5.97 Å². The van der Waals surface area contributed by atoms with Crippen LogP contribution in [0.1, 0.15) is 27.4 Å². The number of aromatic carboxylic acids is 1. The van der Waals surface area contributed by atoms with Crippen molar-refractivity contribution >= 4 is 15.8 Å². The Balaban J connectivity index is 2.33. The predicted octanol–water partition coefficient (Wildman–Crippen LogP) is 1.96. The van der Waals surface area contributed by atoms with Crippen LogP contribution in [0.2, 0.25) is 0 Å². The van der Waals surface area contributed by atoms with E-state index >= 15 is 0 Å². The molecule has 0 amide bonds. The summed E-state index contributed by atoms with van der Waals surface area (Å²) in [6, 6.07) is 5.11. The van der Waals surface area contributed by atoms with Crippen LogP contribution in [-0.4, -0.2) is 24.7 Å². The number of sulfone groups is 1. The second-order valence-corrected chi connectivity index (χ2v) is 6.38. The summed E-state index contributed by atoms with van der Waals surface area (Å²) < 4.78 is 29.5. The second kappa shape index (κ2) is 5.09. The van der Waals surface area contributed by atoms with Crippen LogP contribution in [0, 0.1) is 13.8 Å². The number of hydrogen-bond acceptors (Lipinski definition) is 5. The summed E-state index contributed by atoms with van der Waals surface area (Å²) in [5.74, 6) is -0.853. The molecule has 6 nitrogen and oxygen atoms in total. The zero-order valence-corrected chi connectivity index (χ0v) is 11.8. The molecular weight excluding hydrogens is 282 g/mol. The molecule has 0 saturated heterocycles. The smallest absolute Gasteiger partial charge is 0.335 e. The molecule has 0 bridgehead atoms. The summed E-state index contributed by atoms with van der Waals surface area (Å²) in [5, 5.41) is 12.5. The lowest BCUT2D eigenvalue weighted by atomic mass is 10.2. The minimum atomic E-state index is -3.56. The van der Waals surface area contributed by atoms with Gasteiger partial charge in [0.2, 0.25) is 0 Å². The van der Waals surface area contributed by atoms with Gasteiger partial charge in [0.15, 0.2) is 9.84 Å². The Morgan fingerprint density at radius 1 is 1.25 bits per heavy atom. The van der Waals surface area contributed by atoms with Crippen LogP contribution in [0.3, 0.4) is 0 Å². The highest BCUT2D eigenvalue weighted by Gasteiger charge is 2.21. The molecule has 7 heteroatoms. The summed E-state index contributed by atoms with van der Waals surface area (Å²) >= 11 is 0. The van der Waals surface area contributed by atoms with Gasteiger partial charge in [-0.15, -0.1) is 0 Å². The number of benzene rings is 1. The molecule has 106 valence electrons. The number of aromatic nitrogens is 1. The number of nitrogens with zero attached hydrogens (tertiary/aromatic N) is 1. The number of carboxylic acid groups (broad SMARTS) is 1. The molecule has 0 aliphatic rings. The molecule has 0 spiro atoms. The lowest BCUT2D eigenvalue weighted by molar-refractivity contribution is 0.0696. The Bertz CT molecular complexity index is 724. The standard InChI is InChI=1S/C13H13NO5S/c1-8-12(9(2)19-14-8)7-20(17,18)11-5-3-10(4-6-11)13(15)16/h3-6H,7H2,1-2H3,(H,15,16). The number of carboxylic acids is 1. The van der Waals surface area contributed by atoms with Crippen LogP contribution in [-0.2, 0) is 15.6 Å². The van der Waals surface area contributed by atoms with Crippen molar-refractivity contribution < 1.29 is 22.8 Å². The SMILES string of the molecule is Cc1noc(C)c1CS(=O)(=O)c1ccc(C(=O)O)cc1. The van der Waals surface area contributed by atoms with Crippen molar-refractivity contribution in [3.63, 3.8) is 0 Å². The topological polar surface area (TPSA) is 97.5 Å². The molecule has 0 radical (unpaired) electrons. The first-order valence-electron chi connectivity index (χ1n) is 5.79. The number of rotatable bonds is 4. The molecule has 20 heavy (non-hydrogen) atoms. The number of hydrogen-bond donors (Lipinski definition) is 1. The van der Waals surface area contributed by atoms with E-state index in [4.69, 9.17) is 9.63 Å². The Morgan fingerprint density at radius 2 is 1.85 bits per heavy atom. The van der Waals surface area contributed by atoms with Gasteiger partial charge in [-0.2, -0.15) is 0 Å². The largest absolute Gasteiger partial charge is 0.478 e. The van der Waals surface area contributed by atoms with E-state index in [-0.39, 0.29) is 16.2 Å². The van der Waals surface area contributed by atoms with Crippen molar-refractivity contribution in [3.05, 3.63) is 46.8 Å². The molecule has 0 saturated carbocycles. The molecule has 1 heterocycles. The molecule has 1 N–H and O–H groups in total. The summed E-state index contributed by atoms with van der Waals surface area (Å²) in [6.07, 6.45) is 0. The van der Waals surface area contributed by atoms with Crippen molar-refractivity contribution in [1.82, 2.24) is 5.16 Å². The highest BCUT2D eigenvalue weighted by Crippen LogP contribution is 2.21.